The third-order valence-electron chi connectivity index (χ3n) is 4.99. The van der Waals surface area contributed by atoms with E-state index in [-0.39, 0.29) is 36.6 Å². The Hall–Kier alpha value is -2.44. The van der Waals surface area contributed by atoms with Crippen LogP contribution in [0.15, 0.2) is 24.3 Å². The van der Waals surface area contributed by atoms with Crippen LogP contribution >= 0.6 is 0 Å². The van der Waals surface area contributed by atoms with Crippen LogP contribution in [0.25, 0.3) is 0 Å². The summed E-state index contributed by atoms with van der Waals surface area (Å²) < 4.78 is 13.3. The topological polar surface area (TPSA) is 69.7 Å². The van der Waals surface area contributed by atoms with Gasteiger partial charge in [-0.05, 0) is 50.3 Å². The minimum Gasteiger partial charge on any atom is -0.337 e. The standard InChI is InChI=1S/C18H22FN3O3/c1-3-21(10-12-5-4-6-14(19)9-12)15(23)11-22-16(24)18(2,13-7-8-13)20-17(22)25/h4-6,9,13H,3,7-8,10-11H2,1-2H3,(H,20,25). The fraction of sp³-hybridized carbons (Fsp3) is 0.500. The zero-order chi connectivity index (χ0) is 18.2. The molecule has 1 heterocycles. The van der Waals surface area contributed by atoms with E-state index in [2.05, 4.69) is 5.32 Å². The molecule has 7 heteroatoms. The molecule has 6 nitrogen and oxygen atoms in total. The average Bonchev–Trinajstić information content (AvgIpc) is 3.39. The van der Waals surface area contributed by atoms with Gasteiger partial charge in [0.1, 0.15) is 17.9 Å². The van der Waals surface area contributed by atoms with Gasteiger partial charge in [-0.25, -0.2) is 9.18 Å². The van der Waals surface area contributed by atoms with Crippen LogP contribution in [0.5, 0.6) is 0 Å². The molecule has 1 aliphatic carbocycles. The van der Waals surface area contributed by atoms with E-state index >= 15 is 0 Å². The van der Waals surface area contributed by atoms with Crippen molar-refractivity contribution < 1.29 is 18.8 Å². The largest absolute Gasteiger partial charge is 0.337 e. The molecule has 0 spiro atoms. The molecule has 0 bridgehead atoms. The number of benzene rings is 1. The summed E-state index contributed by atoms with van der Waals surface area (Å²) in [5.41, 5.74) is -0.230. The summed E-state index contributed by atoms with van der Waals surface area (Å²) in [6, 6.07) is 5.51. The lowest BCUT2D eigenvalue weighted by Gasteiger charge is -2.24. The SMILES string of the molecule is CCN(Cc1cccc(F)c1)C(=O)CN1C(=O)NC(C)(C2CC2)C1=O. The molecule has 1 aliphatic heterocycles. The predicted octanol–water partition coefficient (Wildman–Crippen LogP) is 1.89. The number of imide groups is 1. The van der Waals surface area contributed by atoms with Crippen LogP contribution in [0, 0.1) is 11.7 Å². The predicted molar refractivity (Wildman–Crippen MR) is 88.9 cm³/mol. The molecule has 0 aromatic heterocycles. The number of likely N-dealkylation sites (N-methyl/N-ethyl adjacent to an activating group) is 1. The van der Waals surface area contributed by atoms with Crippen molar-refractivity contribution >= 4 is 17.8 Å². The number of nitrogens with zero attached hydrogens (tertiary/aromatic N) is 2. The molecule has 134 valence electrons. The van der Waals surface area contributed by atoms with Gasteiger partial charge in [0.2, 0.25) is 5.91 Å². The Morgan fingerprint density at radius 3 is 2.72 bits per heavy atom. The van der Waals surface area contributed by atoms with E-state index in [1.807, 2.05) is 0 Å². The second kappa shape index (κ2) is 6.46. The van der Waals surface area contributed by atoms with Gasteiger partial charge in [0.15, 0.2) is 0 Å². The van der Waals surface area contributed by atoms with Crippen molar-refractivity contribution in [1.29, 1.82) is 0 Å². The Morgan fingerprint density at radius 2 is 2.12 bits per heavy atom. The second-order valence-electron chi connectivity index (χ2n) is 6.84. The molecule has 1 saturated carbocycles. The summed E-state index contributed by atoms with van der Waals surface area (Å²) >= 11 is 0. The molecular formula is C18H22FN3O3. The van der Waals surface area contributed by atoms with Gasteiger partial charge in [-0.15, -0.1) is 0 Å². The average molecular weight is 347 g/mol. The highest BCUT2D eigenvalue weighted by atomic mass is 19.1. The smallest absolute Gasteiger partial charge is 0.325 e. The summed E-state index contributed by atoms with van der Waals surface area (Å²) in [5, 5.41) is 2.73. The number of carbonyl (C=O) groups excluding carboxylic acids is 3. The number of carbonyl (C=O) groups is 3. The summed E-state index contributed by atoms with van der Waals surface area (Å²) in [7, 11) is 0. The zero-order valence-corrected chi connectivity index (χ0v) is 14.4. The Kier molecular flexibility index (Phi) is 4.49. The molecule has 1 aromatic rings. The van der Waals surface area contributed by atoms with E-state index in [0.29, 0.717) is 12.1 Å². The number of urea groups is 1. The van der Waals surface area contributed by atoms with Crippen LogP contribution in [-0.2, 0) is 16.1 Å². The van der Waals surface area contributed by atoms with Crippen LogP contribution in [-0.4, -0.2) is 46.3 Å². The molecule has 4 amide bonds. The molecule has 1 unspecified atom stereocenters. The lowest BCUT2D eigenvalue weighted by atomic mass is 9.96. The number of hydrogen-bond donors (Lipinski definition) is 1. The maximum absolute atomic E-state index is 13.3. The summed E-state index contributed by atoms with van der Waals surface area (Å²) in [6.07, 6.45) is 1.82. The number of hydrogen-bond acceptors (Lipinski definition) is 3. The molecule has 1 aromatic carbocycles. The van der Waals surface area contributed by atoms with Crippen LogP contribution in [0.2, 0.25) is 0 Å². The van der Waals surface area contributed by atoms with Crippen molar-refractivity contribution in [2.45, 2.75) is 38.8 Å². The van der Waals surface area contributed by atoms with E-state index in [1.54, 1.807) is 26.0 Å². The minimum atomic E-state index is -0.892. The molecule has 0 radical (unpaired) electrons. The zero-order valence-electron chi connectivity index (χ0n) is 14.4. The molecule has 25 heavy (non-hydrogen) atoms. The van der Waals surface area contributed by atoms with E-state index in [1.165, 1.54) is 17.0 Å². The molecule has 2 fully saturated rings. The number of amides is 4. The third-order valence-corrected chi connectivity index (χ3v) is 4.99. The Balaban J connectivity index is 1.67. The van der Waals surface area contributed by atoms with Gasteiger partial charge in [-0.3, -0.25) is 14.5 Å². The Morgan fingerprint density at radius 1 is 1.40 bits per heavy atom. The first-order chi connectivity index (χ1) is 11.8. The van der Waals surface area contributed by atoms with Crippen LogP contribution in [0.1, 0.15) is 32.3 Å². The van der Waals surface area contributed by atoms with E-state index in [4.69, 9.17) is 0 Å². The highest BCUT2D eigenvalue weighted by molar-refractivity contribution is 6.09. The van der Waals surface area contributed by atoms with Crippen LogP contribution in [0.4, 0.5) is 9.18 Å². The maximum Gasteiger partial charge on any atom is 0.325 e. The van der Waals surface area contributed by atoms with Crippen LogP contribution < -0.4 is 5.32 Å². The summed E-state index contributed by atoms with van der Waals surface area (Å²) in [4.78, 5) is 39.8. The van der Waals surface area contributed by atoms with Crippen molar-refractivity contribution in [1.82, 2.24) is 15.1 Å². The van der Waals surface area contributed by atoms with E-state index in [0.717, 1.165) is 17.7 Å². The molecule has 1 N–H and O–H groups in total. The van der Waals surface area contributed by atoms with E-state index in [9.17, 15) is 18.8 Å². The van der Waals surface area contributed by atoms with Crippen molar-refractivity contribution in [2.75, 3.05) is 13.1 Å². The van der Waals surface area contributed by atoms with Crippen molar-refractivity contribution in [3.8, 4) is 0 Å². The first-order valence-corrected chi connectivity index (χ1v) is 8.51. The Bertz CT molecular complexity index is 719. The van der Waals surface area contributed by atoms with Crippen molar-refractivity contribution in [2.24, 2.45) is 5.92 Å². The monoisotopic (exact) mass is 347 g/mol. The fourth-order valence-electron chi connectivity index (χ4n) is 3.26. The van der Waals surface area contributed by atoms with Crippen LogP contribution in [0.3, 0.4) is 0 Å². The first-order valence-electron chi connectivity index (χ1n) is 8.51. The summed E-state index contributed by atoms with van der Waals surface area (Å²) in [5.74, 6) is -0.889. The molecule has 1 atom stereocenters. The van der Waals surface area contributed by atoms with Gasteiger partial charge in [0.25, 0.3) is 5.91 Å². The third kappa shape index (κ3) is 3.36. The molecule has 2 aliphatic rings. The molecule has 1 saturated heterocycles. The highest BCUT2D eigenvalue weighted by Crippen LogP contribution is 2.42. The molecule has 3 rings (SSSR count). The van der Waals surface area contributed by atoms with Crippen molar-refractivity contribution in [3.63, 3.8) is 0 Å². The lowest BCUT2D eigenvalue weighted by Crippen LogP contribution is -2.47. The van der Waals surface area contributed by atoms with Gasteiger partial charge < -0.3 is 10.2 Å². The van der Waals surface area contributed by atoms with E-state index < -0.39 is 11.6 Å². The van der Waals surface area contributed by atoms with Gasteiger partial charge >= 0.3 is 6.03 Å². The minimum absolute atomic E-state index is 0.152. The van der Waals surface area contributed by atoms with Gasteiger partial charge in [0, 0.05) is 13.1 Å². The van der Waals surface area contributed by atoms with Gasteiger partial charge in [-0.2, -0.15) is 0 Å². The first kappa shape index (κ1) is 17.4. The van der Waals surface area contributed by atoms with Gasteiger partial charge in [-0.1, -0.05) is 12.1 Å². The van der Waals surface area contributed by atoms with Crippen molar-refractivity contribution in [3.05, 3.63) is 35.6 Å². The summed E-state index contributed by atoms with van der Waals surface area (Å²) in [6.45, 7) is 3.86. The van der Waals surface area contributed by atoms with Gasteiger partial charge in [0.05, 0.1) is 0 Å². The highest BCUT2D eigenvalue weighted by Gasteiger charge is 2.56. The second-order valence-corrected chi connectivity index (χ2v) is 6.84. The number of rotatable bonds is 6. The lowest BCUT2D eigenvalue weighted by molar-refractivity contribution is -0.139. The Labute approximate surface area is 146 Å². The number of nitrogens with one attached hydrogen (secondary N) is 1. The number of halogens is 1. The quantitative estimate of drug-likeness (QED) is 0.799. The molecular weight excluding hydrogens is 325 g/mol. The fourth-order valence-corrected chi connectivity index (χ4v) is 3.26. The normalized spacial score (nSPS) is 22.9. The maximum atomic E-state index is 13.3.